The smallest absolute Gasteiger partial charge is 0.240 e. The Balaban J connectivity index is 2.10. The first kappa shape index (κ1) is 34.1. The summed E-state index contributed by atoms with van der Waals surface area (Å²) in [7, 11) is -2.56. The number of nitrogens with two attached hydrogens (primary N) is 4. The Morgan fingerprint density at radius 3 is 2.12 bits per heavy atom. The van der Waals surface area contributed by atoms with Crippen LogP contribution in [0.1, 0.15) is 41.0 Å². The number of nitrogens with one attached hydrogen (secondary N) is 2. The van der Waals surface area contributed by atoms with Crippen molar-refractivity contribution in [1.82, 2.24) is 19.9 Å². The maximum Gasteiger partial charge on any atom is 0.240 e. The molecule has 0 saturated carbocycles. The Morgan fingerprint density at radius 1 is 0.976 bits per heavy atom. The van der Waals surface area contributed by atoms with Gasteiger partial charge in [-0.3, -0.25) is 24.4 Å². The van der Waals surface area contributed by atoms with Crippen molar-refractivity contribution in [3.05, 3.63) is 52.5 Å². The maximum atomic E-state index is 13.3. The lowest BCUT2D eigenvalue weighted by atomic mass is 10.1. The molecule has 2 aromatic rings. The van der Waals surface area contributed by atoms with Crippen LogP contribution in [-0.2, 0) is 25.4 Å². The van der Waals surface area contributed by atoms with E-state index in [4.69, 9.17) is 22.9 Å². The highest BCUT2D eigenvalue weighted by Crippen LogP contribution is 2.12. The molecule has 0 unspecified atom stereocenters. The summed E-state index contributed by atoms with van der Waals surface area (Å²) in [5.74, 6) is -2.19. The number of ketones is 1. The van der Waals surface area contributed by atoms with Crippen molar-refractivity contribution in [2.45, 2.75) is 43.5 Å². The molecular formula is C25H38N10O5S2. The van der Waals surface area contributed by atoms with E-state index in [-0.39, 0.29) is 54.4 Å². The monoisotopic (exact) mass is 622 g/mol. The van der Waals surface area contributed by atoms with Crippen molar-refractivity contribution in [2.75, 3.05) is 26.7 Å². The number of nitrogens with zero attached hydrogens (tertiary/aromatic N) is 4. The van der Waals surface area contributed by atoms with E-state index >= 15 is 0 Å². The first-order chi connectivity index (χ1) is 19.9. The Kier molecular flexibility index (Phi) is 13.8. The number of amides is 2. The van der Waals surface area contributed by atoms with Crippen LogP contribution in [-0.4, -0.2) is 86.6 Å². The number of thiazole rings is 1. The van der Waals surface area contributed by atoms with E-state index in [2.05, 4.69) is 25.0 Å². The maximum absolute atomic E-state index is 13.3. The SMILES string of the molecule is CN(CC(=O)N[C@@H](CCCN=C(N)N)C(=O)c1nccs1)C(=O)[C@@H](CCCN=C(N)N)NS(=O)(=O)Cc1ccccc1. The molecule has 2 atom stereocenters. The molecule has 42 heavy (non-hydrogen) atoms. The van der Waals surface area contributed by atoms with E-state index in [1.807, 2.05) is 0 Å². The lowest BCUT2D eigenvalue weighted by molar-refractivity contribution is -0.136. The minimum Gasteiger partial charge on any atom is -0.370 e. The lowest BCUT2D eigenvalue weighted by Gasteiger charge is -2.25. The molecule has 0 spiro atoms. The van der Waals surface area contributed by atoms with Crippen molar-refractivity contribution in [3.8, 4) is 0 Å². The topological polar surface area (TPSA) is 254 Å². The third-order valence-corrected chi connectivity index (χ3v) is 7.91. The molecule has 1 aromatic heterocycles. The van der Waals surface area contributed by atoms with Crippen LogP contribution in [0.25, 0.3) is 0 Å². The summed E-state index contributed by atoms with van der Waals surface area (Å²) in [6.07, 6.45) is 2.48. The van der Waals surface area contributed by atoms with Crippen LogP contribution in [0, 0.1) is 0 Å². The molecule has 2 rings (SSSR count). The standard InChI is InChI=1S/C25H38N10O5S2/c1-35(15-20(36)33-18(9-5-11-31-24(26)27)21(37)22-30-13-14-41-22)23(38)19(10-6-12-32-25(28)29)34-42(39,40)16-17-7-3-2-4-8-17/h2-4,7-8,13-14,18-19,34H,5-6,9-12,15-16H2,1H3,(H,33,36)(H4,26,27,31)(H4,28,29,32)/t18-,19+/m0/s1. The van der Waals surface area contributed by atoms with Gasteiger partial charge in [-0.25, -0.2) is 18.1 Å². The average molecular weight is 623 g/mol. The fourth-order valence-electron chi connectivity index (χ4n) is 3.85. The van der Waals surface area contributed by atoms with E-state index in [1.54, 1.807) is 35.7 Å². The Morgan fingerprint density at radius 2 is 1.57 bits per heavy atom. The van der Waals surface area contributed by atoms with Gasteiger partial charge in [0.25, 0.3) is 0 Å². The molecule has 230 valence electrons. The fourth-order valence-corrected chi connectivity index (χ4v) is 5.85. The molecule has 10 N–H and O–H groups in total. The highest BCUT2D eigenvalue weighted by atomic mass is 32.2. The molecule has 0 aliphatic heterocycles. The number of aliphatic imine (C=N–C) groups is 2. The zero-order chi connectivity index (χ0) is 31.1. The van der Waals surface area contributed by atoms with Gasteiger partial charge < -0.3 is 33.2 Å². The first-order valence-electron chi connectivity index (χ1n) is 13.0. The third kappa shape index (κ3) is 12.6. The molecule has 0 saturated heterocycles. The minimum atomic E-state index is -3.93. The number of guanidine groups is 2. The summed E-state index contributed by atoms with van der Waals surface area (Å²) in [6.45, 7) is -0.000774. The molecule has 0 radical (unpaired) electrons. The number of Topliss-reactive ketones (excluding diaryl/α,β-unsaturated/α-hetero) is 1. The highest BCUT2D eigenvalue weighted by Gasteiger charge is 2.29. The molecule has 15 nitrogen and oxygen atoms in total. The van der Waals surface area contributed by atoms with Crippen LogP contribution in [0.2, 0.25) is 0 Å². The highest BCUT2D eigenvalue weighted by molar-refractivity contribution is 7.88. The van der Waals surface area contributed by atoms with E-state index in [0.717, 1.165) is 16.2 Å². The summed E-state index contributed by atoms with van der Waals surface area (Å²) in [6, 6.07) is 6.39. The summed E-state index contributed by atoms with van der Waals surface area (Å²) in [5, 5.41) is 4.52. The molecule has 0 aliphatic rings. The number of hydrogen-bond donors (Lipinski definition) is 6. The average Bonchev–Trinajstić information content (AvgIpc) is 3.46. The van der Waals surface area contributed by atoms with Gasteiger partial charge in [-0.05, 0) is 31.2 Å². The van der Waals surface area contributed by atoms with Gasteiger partial charge in [-0.1, -0.05) is 30.3 Å². The fraction of sp³-hybridized carbons (Fsp3) is 0.440. The number of rotatable bonds is 18. The van der Waals surface area contributed by atoms with E-state index in [0.29, 0.717) is 18.4 Å². The van der Waals surface area contributed by atoms with E-state index in [1.165, 1.54) is 13.2 Å². The van der Waals surface area contributed by atoms with E-state index in [9.17, 15) is 22.8 Å². The van der Waals surface area contributed by atoms with Crippen molar-refractivity contribution in [2.24, 2.45) is 32.9 Å². The number of carbonyl (C=O) groups is 3. The van der Waals surface area contributed by atoms with Gasteiger partial charge in [0.05, 0.1) is 18.3 Å². The van der Waals surface area contributed by atoms with Crippen LogP contribution in [0.4, 0.5) is 0 Å². The van der Waals surface area contributed by atoms with Crippen molar-refractivity contribution >= 4 is 50.9 Å². The lowest BCUT2D eigenvalue weighted by Crippen LogP contribution is -2.51. The Labute approximate surface area is 248 Å². The van der Waals surface area contributed by atoms with Crippen LogP contribution in [0.15, 0.2) is 51.9 Å². The normalized spacial score (nSPS) is 12.5. The second-order valence-electron chi connectivity index (χ2n) is 9.33. The first-order valence-corrected chi connectivity index (χ1v) is 15.5. The summed E-state index contributed by atoms with van der Waals surface area (Å²) >= 11 is 1.14. The van der Waals surface area contributed by atoms with Crippen LogP contribution >= 0.6 is 11.3 Å². The van der Waals surface area contributed by atoms with Gasteiger partial charge in [0.2, 0.25) is 27.6 Å². The predicted octanol–water partition coefficient (Wildman–Crippen LogP) is -1.14. The molecule has 0 bridgehead atoms. The van der Waals surface area contributed by atoms with Crippen LogP contribution < -0.4 is 33.0 Å². The second-order valence-corrected chi connectivity index (χ2v) is 12.0. The van der Waals surface area contributed by atoms with Crippen LogP contribution in [0.3, 0.4) is 0 Å². The Bertz CT molecular complexity index is 1330. The van der Waals surface area contributed by atoms with Gasteiger partial charge in [-0.15, -0.1) is 11.3 Å². The largest absolute Gasteiger partial charge is 0.370 e. The van der Waals surface area contributed by atoms with Gasteiger partial charge in [0.1, 0.15) is 6.04 Å². The van der Waals surface area contributed by atoms with Crippen LogP contribution in [0.5, 0.6) is 0 Å². The molecule has 0 fully saturated rings. The minimum absolute atomic E-state index is 0.0749. The number of hydrogen-bond acceptors (Lipinski definition) is 9. The number of likely N-dealkylation sites (N-methyl/N-ethyl adjacent to an activating group) is 1. The summed E-state index contributed by atoms with van der Waals surface area (Å²) in [4.78, 5) is 52.1. The molecule has 1 heterocycles. The predicted molar refractivity (Wildman–Crippen MR) is 162 cm³/mol. The summed E-state index contributed by atoms with van der Waals surface area (Å²) < 4.78 is 28.3. The van der Waals surface area contributed by atoms with Gasteiger partial charge in [-0.2, -0.15) is 0 Å². The number of sulfonamides is 1. The van der Waals surface area contributed by atoms with Crippen molar-refractivity contribution < 1.29 is 22.8 Å². The molecule has 17 heteroatoms. The number of carbonyl (C=O) groups excluding carboxylic acids is 3. The molecule has 1 aromatic carbocycles. The van der Waals surface area contributed by atoms with Gasteiger partial charge in [0.15, 0.2) is 16.9 Å². The van der Waals surface area contributed by atoms with Gasteiger partial charge in [0, 0.05) is 31.7 Å². The molecule has 2 amide bonds. The van der Waals surface area contributed by atoms with Crippen molar-refractivity contribution in [3.63, 3.8) is 0 Å². The van der Waals surface area contributed by atoms with Crippen molar-refractivity contribution in [1.29, 1.82) is 0 Å². The zero-order valence-corrected chi connectivity index (χ0v) is 24.9. The third-order valence-electron chi connectivity index (χ3n) is 5.76. The zero-order valence-electron chi connectivity index (χ0n) is 23.3. The van der Waals surface area contributed by atoms with E-state index < -0.39 is 40.5 Å². The second kappa shape index (κ2) is 17.0. The number of aromatic nitrogens is 1. The molecule has 0 aliphatic carbocycles. The summed E-state index contributed by atoms with van der Waals surface area (Å²) in [5.41, 5.74) is 21.9. The quantitative estimate of drug-likeness (QED) is 0.0504. The molecular weight excluding hydrogens is 584 g/mol. The van der Waals surface area contributed by atoms with Gasteiger partial charge >= 0.3 is 0 Å². The number of benzene rings is 1. The Hall–Kier alpha value is -4.09.